The number of anilines is 2. The van der Waals surface area contributed by atoms with Crippen molar-refractivity contribution >= 4 is 29.0 Å². The van der Waals surface area contributed by atoms with Gasteiger partial charge in [0.25, 0.3) is 5.91 Å². The Morgan fingerprint density at radius 1 is 1.29 bits per heavy atom. The molecule has 1 aromatic carbocycles. The van der Waals surface area contributed by atoms with E-state index in [0.717, 1.165) is 0 Å². The molecular weight excluding hydrogens is 238 g/mol. The van der Waals surface area contributed by atoms with Gasteiger partial charge in [0.05, 0.1) is 10.7 Å². The Bertz CT molecular complexity index is 557. The largest absolute Gasteiger partial charge is 0.384 e. The summed E-state index contributed by atoms with van der Waals surface area (Å²) in [5.74, 6) is 0.0315. The van der Waals surface area contributed by atoms with Crippen LogP contribution in [0.15, 0.2) is 42.6 Å². The number of amides is 1. The fraction of sp³-hybridized carbons (Fsp3) is 0. The number of nitrogens with zero attached hydrogens (tertiary/aromatic N) is 1. The molecule has 0 saturated heterocycles. The van der Waals surface area contributed by atoms with Crippen molar-refractivity contribution in [1.82, 2.24) is 4.98 Å². The van der Waals surface area contributed by atoms with Gasteiger partial charge in [0.15, 0.2) is 0 Å². The predicted molar refractivity (Wildman–Crippen MR) is 68.1 cm³/mol. The zero-order valence-corrected chi connectivity index (χ0v) is 9.61. The summed E-state index contributed by atoms with van der Waals surface area (Å²) >= 11 is 5.94. The zero-order chi connectivity index (χ0) is 12.3. The summed E-state index contributed by atoms with van der Waals surface area (Å²) in [6, 6.07) is 10.1. The summed E-state index contributed by atoms with van der Waals surface area (Å²) < 4.78 is 0. The monoisotopic (exact) mass is 247 g/mol. The lowest BCUT2D eigenvalue weighted by Gasteiger charge is -2.06. The molecule has 0 radical (unpaired) electrons. The minimum Gasteiger partial charge on any atom is -0.384 e. The maximum Gasteiger partial charge on any atom is 0.255 e. The molecular formula is C12H10ClN3O. The van der Waals surface area contributed by atoms with E-state index in [9.17, 15) is 4.79 Å². The average Bonchev–Trinajstić information content (AvgIpc) is 2.32. The number of benzene rings is 1. The second-order valence-corrected chi connectivity index (χ2v) is 3.81. The Balaban J connectivity index is 2.20. The molecule has 5 heteroatoms. The van der Waals surface area contributed by atoms with Crippen molar-refractivity contribution in [2.75, 3.05) is 11.1 Å². The van der Waals surface area contributed by atoms with Crippen LogP contribution in [0.5, 0.6) is 0 Å². The molecule has 1 amide bonds. The smallest absolute Gasteiger partial charge is 0.255 e. The van der Waals surface area contributed by atoms with Crippen LogP contribution in [0.1, 0.15) is 10.4 Å². The van der Waals surface area contributed by atoms with E-state index in [1.807, 2.05) is 0 Å². The van der Waals surface area contributed by atoms with E-state index in [1.54, 1.807) is 30.3 Å². The molecule has 17 heavy (non-hydrogen) atoms. The van der Waals surface area contributed by atoms with Gasteiger partial charge in [-0.05, 0) is 24.3 Å². The molecule has 0 saturated carbocycles. The second kappa shape index (κ2) is 4.84. The van der Waals surface area contributed by atoms with Gasteiger partial charge < -0.3 is 11.1 Å². The predicted octanol–water partition coefficient (Wildman–Crippen LogP) is 2.57. The standard InChI is InChI=1S/C12H10ClN3O/c13-9-3-1-2-4-10(9)16-12(17)8-5-6-15-11(14)7-8/h1-7H,(H2,14,15)(H,16,17). The second-order valence-electron chi connectivity index (χ2n) is 3.40. The third kappa shape index (κ3) is 2.73. The summed E-state index contributed by atoms with van der Waals surface area (Å²) in [5, 5.41) is 3.19. The summed E-state index contributed by atoms with van der Waals surface area (Å²) in [7, 11) is 0. The summed E-state index contributed by atoms with van der Waals surface area (Å²) in [6.45, 7) is 0. The van der Waals surface area contributed by atoms with Gasteiger partial charge in [-0.15, -0.1) is 0 Å². The van der Waals surface area contributed by atoms with Crippen molar-refractivity contribution in [1.29, 1.82) is 0 Å². The van der Waals surface area contributed by atoms with Gasteiger partial charge in [-0.2, -0.15) is 0 Å². The summed E-state index contributed by atoms with van der Waals surface area (Å²) in [4.78, 5) is 15.7. The molecule has 0 aliphatic carbocycles. The molecule has 3 N–H and O–H groups in total. The van der Waals surface area contributed by atoms with Crippen LogP contribution in [0.2, 0.25) is 5.02 Å². The molecule has 86 valence electrons. The number of rotatable bonds is 2. The molecule has 0 spiro atoms. The van der Waals surface area contributed by atoms with Crippen LogP contribution >= 0.6 is 11.6 Å². The van der Waals surface area contributed by atoms with E-state index in [0.29, 0.717) is 22.1 Å². The normalized spacial score (nSPS) is 9.94. The van der Waals surface area contributed by atoms with Crippen molar-refractivity contribution in [3.8, 4) is 0 Å². The quantitative estimate of drug-likeness (QED) is 0.857. The molecule has 2 rings (SSSR count). The summed E-state index contributed by atoms with van der Waals surface area (Å²) in [5.41, 5.74) is 6.51. The van der Waals surface area contributed by atoms with Crippen molar-refractivity contribution in [2.24, 2.45) is 0 Å². The molecule has 0 aliphatic heterocycles. The number of carbonyl (C=O) groups excluding carboxylic acids is 1. The van der Waals surface area contributed by atoms with Gasteiger partial charge in [0, 0.05) is 11.8 Å². The first-order valence-corrected chi connectivity index (χ1v) is 5.32. The molecule has 0 bridgehead atoms. The van der Waals surface area contributed by atoms with E-state index < -0.39 is 0 Å². The average molecular weight is 248 g/mol. The Labute approximate surface area is 103 Å². The molecule has 2 aromatic rings. The van der Waals surface area contributed by atoms with E-state index in [-0.39, 0.29) is 5.91 Å². The third-order valence-electron chi connectivity index (χ3n) is 2.17. The van der Waals surface area contributed by atoms with Crippen LogP contribution in [0.3, 0.4) is 0 Å². The Morgan fingerprint density at radius 2 is 2.06 bits per heavy atom. The highest BCUT2D eigenvalue weighted by Crippen LogP contribution is 2.21. The lowest BCUT2D eigenvalue weighted by atomic mass is 10.2. The molecule has 1 heterocycles. The van der Waals surface area contributed by atoms with Gasteiger partial charge in [-0.1, -0.05) is 23.7 Å². The fourth-order valence-electron chi connectivity index (χ4n) is 1.35. The molecule has 0 aliphatic rings. The highest BCUT2D eigenvalue weighted by molar-refractivity contribution is 6.33. The Hall–Kier alpha value is -2.07. The van der Waals surface area contributed by atoms with Crippen LogP contribution < -0.4 is 11.1 Å². The maximum atomic E-state index is 11.9. The number of para-hydroxylation sites is 1. The molecule has 0 atom stereocenters. The van der Waals surface area contributed by atoms with Crippen LogP contribution in [0, 0.1) is 0 Å². The van der Waals surface area contributed by atoms with E-state index in [1.165, 1.54) is 12.3 Å². The number of halogens is 1. The van der Waals surface area contributed by atoms with Gasteiger partial charge in [0.1, 0.15) is 5.82 Å². The number of aromatic nitrogens is 1. The van der Waals surface area contributed by atoms with E-state index >= 15 is 0 Å². The van der Waals surface area contributed by atoms with Crippen molar-refractivity contribution in [3.63, 3.8) is 0 Å². The number of hydrogen-bond donors (Lipinski definition) is 2. The lowest BCUT2D eigenvalue weighted by molar-refractivity contribution is 0.102. The SMILES string of the molecule is Nc1cc(C(=O)Nc2ccccc2Cl)ccn1. The van der Waals surface area contributed by atoms with Gasteiger partial charge in [-0.3, -0.25) is 4.79 Å². The van der Waals surface area contributed by atoms with E-state index in [2.05, 4.69) is 10.3 Å². The Morgan fingerprint density at radius 3 is 2.76 bits per heavy atom. The first-order chi connectivity index (χ1) is 8.16. The van der Waals surface area contributed by atoms with Gasteiger partial charge in [-0.25, -0.2) is 4.98 Å². The van der Waals surface area contributed by atoms with Crippen LogP contribution in [-0.4, -0.2) is 10.9 Å². The molecule has 0 fully saturated rings. The number of hydrogen-bond acceptors (Lipinski definition) is 3. The van der Waals surface area contributed by atoms with Gasteiger partial charge in [0.2, 0.25) is 0 Å². The van der Waals surface area contributed by atoms with Crippen LogP contribution in [0.25, 0.3) is 0 Å². The first kappa shape index (κ1) is 11.4. The zero-order valence-electron chi connectivity index (χ0n) is 8.85. The number of nitrogens with two attached hydrogens (primary N) is 1. The minimum absolute atomic E-state index is 0.271. The number of pyridine rings is 1. The Kier molecular flexibility index (Phi) is 3.25. The number of nitrogen functional groups attached to an aromatic ring is 1. The van der Waals surface area contributed by atoms with Crippen molar-refractivity contribution in [2.45, 2.75) is 0 Å². The van der Waals surface area contributed by atoms with Crippen LogP contribution in [-0.2, 0) is 0 Å². The van der Waals surface area contributed by atoms with Crippen molar-refractivity contribution in [3.05, 3.63) is 53.2 Å². The van der Waals surface area contributed by atoms with Crippen LogP contribution in [0.4, 0.5) is 11.5 Å². The minimum atomic E-state index is -0.271. The number of carbonyl (C=O) groups is 1. The maximum absolute atomic E-state index is 11.9. The molecule has 0 unspecified atom stereocenters. The lowest BCUT2D eigenvalue weighted by Crippen LogP contribution is -2.12. The highest BCUT2D eigenvalue weighted by Gasteiger charge is 2.08. The van der Waals surface area contributed by atoms with Gasteiger partial charge >= 0.3 is 0 Å². The van der Waals surface area contributed by atoms with E-state index in [4.69, 9.17) is 17.3 Å². The fourth-order valence-corrected chi connectivity index (χ4v) is 1.53. The topological polar surface area (TPSA) is 68.0 Å². The summed E-state index contributed by atoms with van der Waals surface area (Å²) in [6.07, 6.45) is 1.48. The molecule has 1 aromatic heterocycles. The van der Waals surface area contributed by atoms with Crippen molar-refractivity contribution < 1.29 is 4.79 Å². The number of nitrogens with one attached hydrogen (secondary N) is 1. The first-order valence-electron chi connectivity index (χ1n) is 4.94. The third-order valence-corrected chi connectivity index (χ3v) is 2.49. The highest BCUT2D eigenvalue weighted by atomic mass is 35.5. The molecule has 4 nitrogen and oxygen atoms in total.